The van der Waals surface area contributed by atoms with Crippen molar-refractivity contribution >= 4 is 46.0 Å². The number of anilines is 1. The van der Waals surface area contributed by atoms with E-state index in [0.717, 1.165) is 33.1 Å². The monoisotopic (exact) mass is 452 g/mol. The first-order chi connectivity index (χ1) is 15.0. The molecule has 1 amide bonds. The quantitative estimate of drug-likeness (QED) is 0.383. The average Bonchev–Trinajstić information content (AvgIpc) is 3.13. The van der Waals surface area contributed by atoms with E-state index in [1.807, 2.05) is 54.0 Å². The van der Waals surface area contributed by atoms with Gasteiger partial charge in [0.2, 0.25) is 5.91 Å². The summed E-state index contributed by atoms with van der Waals surface area (Å²) in [7, 11) is 1.65. The van der Waals surface area contributed by atoms with Gasteiger partial charge in [-0.2, -0.15) is 0 Å². The highest BCUT2D eigenvalue weighted by atomic mass is 35.5. The van der Waals surface area contributed by atoms with Gasteiger partial charge in [-0.05, 0) is 48.4 Å². The number of nitrogens with one attached hydrogen (secondary N) is 1. The summed E-state index contributed by atoms with van der Waals surface area (Å²) < 4.78 is 7.20. The molecule has 0 spiro atoms. The van der Waals surface area contributed by atoms with Crippen molar-refractivity contribution in [2.24, 2.45) is 0 Å². The molecular weight excluding hydrogens is 432 g/mol. The Morgan fingerprint density at radius 2 is 2.06 bits per heavy atom. The molecule has 0 saturated heterocycles. The largest absolute Gasteiger partial charge is 0.497 e. The molecule has 0 aliphatic heterocycles. The molecular formula is C23H21ClN4O2S. The summed E-state index contributed by atoms with van der Waals surface area (Å²) in [5.41, 5.74) is 4.26. The number of carbonyl (C=O) groups is 1. The maximum absolute atomic E-state index is 12.8. The topological polar surface area (TPSA) is 69.0 Å². The number of halogens is 1. The van der Waals surface area contributed by atoms with E-state index in [9.17, 15) is 4.79 Å². The second kappa shape index (κ2) is 9.41. The van der Waals surface area contributed by atoms with Crippen LogP contribution in [-0.4, -0.2) is 27.6 Å². The van der Waals surface area contributed by atoms with Crippen LogP contribution in [0.1, 0.15) is 11.1 Å². The molecule has 1 N–H and O–H groups in total. The Balaban J connectivity index is 1.57. The fraction of sp³-hybridized carbons (Fsp3) is 0.174. The Morgan fingerprint density at radius 3 is 2.90 bits per heavy atom. The molecule has 31 heavy (non-hydrogen) atoms. The molecule has 2 aromatic carbocycles. The summed E-state index contributed by atoms with van der Waals surface area (Å²) in [5.74, 6) is 1.35. The number of ether oxygens (including phenoxy) is 1. The number of carbonyl (C=O) groups excluding carboxylic acids is 1. The lowest BCUT2D eigenvalue weighted by Gasteiger charge is -2.12. The number of aromatic nitrogens is 3. The summed E-state index contributed by atoms with van der Waals surface area (Å²) in [5, 5.41) is 4.32. The highest BCUT2D eigenvalue weighted by Gasteiger charge is 2.16. The second-order valence-electron chi connectivity index (χ2n) is 6.95. The van der Waals surface area contributed by atoms with E-state index in [2.05, 4.69) is 10.3 Å². The molecule has 0 atom stereocenters. The van der Waals surface area contributed by atoms with Gasteiger partial charge in [0.25, 0.3) is 0 Å². The van der Waals surface area contributed by atoms with Crippen LogP contribution in [0.3, 0.4) is 0 Å². The standard InChI is InChI=1S/C23H21ClN4O2S/c1-15-18(24)7-4-8-19(15)26-22(29)13-28-21-12-25-10-9-20(21)27-23(28)31-14-16-5-3-6-17(11-16)30-2/h3-12H,13-14H2,1-2H3,(H,26,29). The lowest BCUT2D eigenvalue weighted by atomic mass is 10.2. The van der Waals surface area contributed by atoms with Crippen molar-refractivity contribution in [3.05, 3.63) is 77.1 Å². The first kappa shape index (κ1) is 21.2. The fourth-order valence-corrected chi connectivity index (χ4v) is 4.33. The van der Waals surface area contributed by atoms with Crippen LogP contribution >= 0.6 is 23.4 Å². The number of thioether (sulfide) groups is 1. The number of pyridine rings is 1. The van der Waals surface area contributed by atoms with Crippen molar-refractivity contribution in [1.29, 1.82) is 0 Å². The number of benzene rings is 2. The van der Waals surface area contributed by atoms with Crippen molar-refractivity contribution in [3.63, 3.8) is 0 Å². The zero-order valence-electron chi connectivity index (χ0n) is 17.1. The van der Waals surface area contributed by atoms with E-state index in [1.165, 1.54) is 0 Å². The molecule has 0 aliphatic carbocycles. The number of amides is 1. The van der Waals surface area contributed by atoms with Gasteiger partial charge >= 0.3 is 0 Å². The number of hydrogen-bond acceptors (Lipinski definition) is 5. The van der Waals surface area contributed by atoms with Gasteiger partial charge in [0.1, 0.15) is 12.3 Å². The normalized spacial score (nSPS) is 10.9. The molecule has 158 valence electrons. The fourth-order valence-electron chi connectivity index (χ4n) is 3.20. The third-order valence-corrected chi connectivity index (χ3v) is 6.32. The average molecular weight is 453 g/mol. The molecule has 0 aliphatic rings. The van der Waals surface area contributed by atoms with E-state index in [0.29, 0.717) is 16.5 Å². The van der Waals surface area contributed by atoms with Gasteiger partial charge in [0.15, 0.2) is 5.16 Å². The third kappa shape index (κ3) is 4.84. The van der Waals surface area contributed by atoms with E-state index >= 15 is 0 Å². The molecule has 0 unspecified atom stereocenters. The maximum Gasteiger partial charge on any atom is 0.244 e. The zero-order valence-corrected chi connectivity index (χ0v) is 18.7. The van der Waals surface area contributed by atoms with Crippen molar-refractivity contribution in [3.8, 4) is 5.75 Å². The van der Waals surface area contributed by atoms with Crippen LogP contribution in [0.2, 0.25) is 5.02 Å². The summed E-state index contributed by atoms with van der Waals surface area (Å²) in [6, 6.07) is 15.2. The van der Waals surface area contributed by atoms with E-state index in [4.69, 9.17) is 21.3 Å². The molecule has 4 rings (SSSR count). The lowest BCUT2D eigenvalue weighted by Crippen LogP contribution is -2.19. The van der Waals surface area contributed by atoms with Crippen molar-refractivity contribution in [2.75, 3.05) is 12.4 Å². The molecule has 0 saturated carbocycles. The first-order valence-corrected chi connectivity index (χ1v) is 11.0. The van der Waals surface area contributed by atoms with Crippen LogP contribution in [-0.2, 0) is 17.1 Å². The van der Waals surface area contributed by atoms with Crippen molar-refractivity contribution in [1.82, 2.24) is 14.5 Å². The van der Waals surface area contributed by atoms with E-state index in [-0.39, 0.29) is 12.5 Å². The lowest BCUT2D eigenvalue weighted by molar-refractivity contribution is -0.116. The SMILES string of the molecule is COc1cccc(CSc2nc3ccncc3n2CC(=O)Nc2cccc(Cl)c2C)c1. The molecule has 2 aromatic heterocycles. The van der Waals surface area contributed by atoms with Crippen LogP contribution in [0.4, 0.5) is 5.69 Å². The number of fused-ring (bicyclic) bond motifs is 1. The number of hydrogen-bond donors (Lipinski definition) is 1. The van der Waals surface area contributed by atoms with Gasteiger partial charge < -0.3 is 14.6 Å². The van der Waals surface area contributed by atoms with Crippen LogP contribution in [0.15, 0.2) is 66.1 Å². The van der Waals surface area contributed by atoms with Crippen LogP contribution in [0.5, 0.6) is 5.75 Å². The van der Waals surface area contributed by atoms with Crippen LogP contribution in [0.25, 0.3) is 11.0 Å². The Kier molecular flexibility index (Phi) is 6.44. The third-order valence-electron chi connectivity index (χ3n) is 4.86. The number of nitrogens with zero attached hydrogens (tertiary/aromatic N) is 3. The highest BCUT2D eigenvalue weighted by molar-refractivity contribution is 7.98. The minimum Gasteiger partial charge on any atom is -0.497 e. The number of imidazole rings is 1. The Morgan fingerprint density at radius 1 is 1.23 bits per heavy atom. The first-order valence-electron chi connectivity index (χ1n) is 9.66. The summed E-state index contributed by atoms with van der Waals surface area (Å²) in [4.78, 5) is 21.8. The van der Waals surface area contributed by atoms with Crippen LogP contribution in [0, 0.1) is 6.92 Å². The number of methoxy groups -OCH3 is 1. The highest BCUT2D eigenvalue weighted by Crippen LogP contribution is 2.28. The molecule has 0 fully saturated rings. The van der Waals surface area contributed by atoms with Crippen molar-refractivity contribution < 1.29 is 9.53 Å². The number of rotatable bonds is 7. The molecule has 6 nitrogen and oxygen atoms in total. The Bertz CT molecular complexity index is 1240. The minimum absolute atomic E-state index is 0.120. The molecule has 4 aromatic rings. The van der Waals surface area contributed by atoms with Crippen molar-refractivity contribution in [2.45, 2.75) is 24.4 Å². The van der Waals surface area contributed by atoms with Gasteiger partial charge in [0, 0.05) is 22.7 Å². The predicted molar refractivity (Wildman–Crippen MR) is 125 cm³/mol. The van der Waals surface area contributed by atoms with Gasteiger partial charge in [-0.3, -0.25) is 9.78 Å². The smallest absolute Gasteiger partial charge is 0.244 e. The summed E-state index contributed by atoms with van der Waals surface area (Å²) in [6.45, 7) is 2.00. The summed E-state index contributed by atoms with van der Waals surface area (Å²) in [6.07, 6.45) is 3.43. The minimum atomic E-state index is -0.156. The van der Waals surface area contributed by atoms with Crippen LogP contribution < -0.4 is 10.1 Å². The predicted octanol–water partition coefficient (Wildman–Crippen LogP) is 5.33. The van der Waals surface area contributed by atoms with Gasteiger partial charge in [-0.25, -0.2) is 4.98 Å². The van der Waals surface area contributed by atoms with Gasteiger partial charge in [0.05, 0.1) is 24.3 Å². The maximum atomic E-state index is 12.8. The second-order valence-corrected chi connectivity index (χ2v) is 8.30. The molecule has 8 heteroatoms. The zero-order chi connectivity index (χ0) is 21.8. The Labute approximate surface area is 189 Å². The summed E-state index contributed by atoms with van der Waals surface area (Å²) >= 11 is 7.74. The van der Waals surface area contributed by atoms with E-state index < -0.39 is 0 Å². The van der Waals surface area contributed by atoms with Gasteiger partial charge in [-0.1, -0.05) is 41.6 Å². The molecule has 0 radical (unpaired) electrons. The molecule has 0 bridgehead atoms. The Hall–Kier alpha value is -3.03. The van der Waals surface area contributed by atoms with Gasteiger partial charge in [-0.15, -0.1) is 0 Å². The van der Waals surface area contributed by atoms with E-state index in [1.54, 1.807) is 37.3 Å². The molecule has 2 heterocycles.